The largest absolute Gasteiger partial charge is 0.494 e. The molecule has 5 heteroatoms. The molecule has 0 bridgehead atoms. The number of rotatable bonds is 3. The quantitative estimate of drug-likeness (QED) is 0.918. The molecule has 1 aromatic carbocycles. The van der Waals surface area contributed by atoms with Crippen LogP contribution in [0.25, 0.3) is 0 Å². The molecule has 0 aliphatic carbocycles. The van der Waals surface area contributed by atoms with Crippen LogP contribution in [0, 0.1) is 0 Å². The average Bonchev–Trinajstić information content (AvgIpc) is 2.47. The molecule has 2 unspecified atom stereocenters. The molecule has 1 fully saturated rings. The Balaban J connectivity index is 2.08. The van der Waals surface area contributed by atoms with Crippen LogP contribution in [0.15, 0.2) is 24.3 Å². The fourth-order valence-electron chi connectivity index (χ4n) is 2.66. The van der Waals surface area contributed by atoms with Gasteiger partial charge < -0.3 is 20.1 Å². The van der Waals surface area contributed by atoms with Gasteiger partial charge in [-0.15, -0.1) is 0 Å². The Kier molecular flexibility index (Phi) is 4.84. The van der Waals surface area contributed by atoms with Gasteiger partial charge in [-0.1, -0.05) is 12.1 Å². The van der Waals surface area contributed by atoms with E-state index in [2.05, 4.69) is 0 Å². The smallest absolute Gasteiger partial charge is 0.409 e. The van der Waals surface area contributed by atoms with E-state index in [1.165, 1.54) is 12.7 Å². The van der Waals surface area contributed by atoms with Crippen LogP contribution in [0.2, 0.25) is 0 Å². The molecule has 0 saturated carbocycles. The highest BCUT2D eigenvalue weighted by Crippen LogP contribution is 2.28. The highest BCUT2D eigenvalue weighted by Gasteiger charge is 2.29. The van der Waals surface area contributed by atoms with Crippen LogP contribution in [0.4, 0.5) is 4.79 Å². The van der Waals surface area contributed by atoms with Gasteiger partial charge in [0.2, 0.25) is 0 Å². The molecular formula is C15H22N2O3. The first-order valence-corrected chi connectivity index (χ1v) is 6.95. The number of nitrogens with two attached hydrogens (primary N) is 1. The molecule has 2 rings (SSSR count). The van der Waals surface area contributed by atoms with Crippen molar-refractivity contribution in [2.24, 2.45) is 5.73 Å². The van der Waals surface area contributed by atoms with E-state index in [4.69, 9.17) is 15.2 Å². The van der Waals surface area contributed by atoms with Crippen LogP contribution >= 0.6 is 0 Å². The van der Waals surface area contributed by atoms with Crippen molar-refractivity contribution in [1.82, 2.24) is 4.90 Å². The number of hydrogen-bond acceptors (Lipinski definition) is 4. The van der Waals surface area contributed by atoms with E-state index < -0.39 is 0 Å². The van der Waals surface area contributed by atoms with Gasteiger partial charge in [0.1, 0.15) is 5.75 Å². The molecule has 0 aromatic heterocycles. The van der Waals surface area contributed by atoms with Crippen LogP contribution in [-0.2, 0) is 4.74 Å². The first-order valence-electron chi connectivity index (χ1n) is 6.95. The fraction of sp³-hybridized carbons (Fsp3) is 0.533. The molecule has 1 aromatic rings. The molecule has 1 saturated heterocycles. The average molecular weight is 278 g/mol. The number of piperidine rings is 1. The molecule has 110 valence electrons. The molecule has 2 N–H and O–H groups in total. The summed E-state index contributed by atoms with van der Waals surface area (Å²) in [4.78, 5) is 13.3. The van der Waals surface area contributed by atoms with E-state index >= 15 is 0 Å². The summed E-state index contributed by atoms with van der Waals surface area (Å²) in [5.41, 5.74) is 7.23. The van der Waals surface area contributed by atoms with E-state index in [9.17, 15) is 4.79 Å². The van der Waals surface area contributed by atoms with Crippen molar-refractivity contribution in [2.75, 3.05) is 26.8 Å². The lowest BCUT2D eigenvalue weighted by atomic mass is 9.88. The second-order valence-electron chi connectivity index (χ2n) is 5.07. The fourth-order valence-corrected chi connectivity index (χ4v) is 2.66. The molecule has 1 heterocycles. The lowest BCUT2D eigenvalue weighted by Crippen LogP contribution is -2.48. The Morgan fingerprint density at radius 2 is 2.05 bits per heavy atom. The van der Waals surface area contributed by atoms with E-state index in [-0.39, 0.29) is 18.1 Å². The molecular weight excluding hydrogens is 256 g/mol. The molecule has 20 heavy (non-hydrogen) atoms. The number of amides is 1. The second-order valence-corrected chi connectivity index (χ2v) is 5.07. The van der Waals surface area contributed by atoms with E-state index in [0.717, 1.165) is 12.2 Å². The van der Waals surface area contributed by atoms with Gasteiger partial charge in [0.25, 0.3) is 0 Å². The number of carbonyl (C=O) groups excluding carboxylic acids is 1. The zero-order valence-electron chi connectivity index (χ0n) is 12.0. The minimum Gasteiger partial charge on any atom is -0.494 e. The van der Waals surface area contributed by atoms with Crippen molar-refractivity contribution in [3.63, 3.8) is 0 Å². The Morgan fingerprint density at radius 1 is 1.35 bits per heavy atom. The number of ether oxygens (including phenoxy) is 2. The molecule has 0 spiro atoms. The molecule has 1 aliphatic rings. The van der Waals surface area contributed by atoms with Crippen LogP contribution in [0.3, 0.4) is 0 Å². The number of hydrogen-bond donors (Lipinski definition) is 1. The van der Waals surface area contributed by atoms with Crippen LogP contribution < -0.4 is 10.5 Å². The zero-order chi connectivity index (χ0) is 14.5. The third-order valence-electron chi connectivity index (χ3n) is 3.58. The summed E-state index contributed by atoms with van der Waals surface area (Å²) < 4.78 is 10.2. The molecule has 2 atom stereocenters. The Bertz CT molecular complexity index is 447. The predicted octanol–water partition coefficient (Wildman–Crippen LogP) is 1.97. The van der Waals surface area contributed by atoms with Gasteiger partial charge in [0.05, 0.1) is 13.7 Å². The van der Waals surface area contributed by atoms with Gasteiger partial charge in [0, 0.05) is 25.0 Å². The highest BCUT2D eigenvalue weighted by atomic mass is 16.5. The summed E-state index contributed by atoms with van der Waals surface area (Å²) >= 11 is 0. The summed E-state index contributed by atoms with van der Waals surface area (Å²) in [6.45, 7) is 3.82. The van der Waals surface area contributed by atoms with Crippen molar-refractivity contribution >= 4 is 6.09 Å². The maximum absolute atomic E-state index is 11.7. The normalized spacial score (nSPS) is 22.4. The van der Waals surface area contributed by atoms with Gasteiger partial charge in [-0.3, -0.25) is 0 Å². The van der Waals surface area contributed by atoms with Crippen molar-refractivity contribution in [1.29, 1.82) is 0 Å². The standard InChI is InChI=1S/C15H22N2O3/c1-3-20-14-6-4-11(5-7-14)12-8-13(16)10-17(9-12)15(18)19-2/h4-7,12-13H,3,8-10,16H2,1-2H3. The van der Waals surface area contributed by atoms with Gasteiger partial charge in [-0.05, 0) is 31.0 Å². The van der Waals surface area contributed by atoms with Crippen LogP contribution in [0.5, 0.6) is 5.75 Å². The SMILES string of the molecule is CCOc1ccc(C2CC(N)CN(C(=O)OC)C2)cc1. The van der Waals surface area contributed by atoms with E-state index in [1.807, 2.05) is 31.2 Å². The molecule has 1 amide bonds. The van der Waals surface area contributed by atoms with Gasteiger partial charge in [0.15, 0.2) is 0 Å². The molecule has 1 aliphatic heterocycles. The maximum Gasteiger partial charge on any atom is 0.409 e. The number of likely N-dealkylation sites (tertiary alicyclic amines) is 1. The molecule has 0 radical (unpaired) electrons. The summed E-state index contributed by atoms with van der Waals surface area (Å²) in [6, 6.07) is 7.99. The molecule has 5 nitrogen and oxygen atoms in total. The Morgan fingerprint density at radius 3 is 2.65 bits per heavy atom. The predicted molar refractivity (Wildman–Crippen MR) is 76.9 cm³/mol. The Labute approximate surface area is 119 Å². The summed E-state index contributed by atoms with van der Waals surface area (Å²) in [7, 11) is 1.40. The zero-order valence-corrected chi connectivity index (χ0v) is 12.0. The summed E-state index contributed by atoms with van der Waals surface area (Å²) in [5.74, 6) is 1.11. The van der Waals surface area contributed by atoms with Crippen LogP contribution in [0.1, 0.15) is 24.8 Å². The minimum atomic E-state index is -0.309. The van der Waals surface area contributed by atoms with E-state index in [1.54, 1.807) is 4.90 Å². The lowest BCUT2D eigenvalue weighted by Gasteiger charge is -2.35. The number of carbonyl (C=O) groups is 1. The summed E-state index contributed by atoms with van der Waals surface area (Å²) in [5, 5.41) is 0. The van der Waals surface area contributed by atoms with Crippen molar-refractivity contribution in [3.8, 4) is 5.75 Å². The third-order valence-corrected chi connectivity index (χ3v) is 3.58. The van der Waals surface area contributed by atoms with Crippen LogP contribution in [-0.4, -0.2) is 43.8 Å². The third kappa shape index (κ3) is 3.42. The minimum absolute atomic E-state index is 0.0144. The van der Waals surface area contributed by atoms with E-state index in [0.29, 0.717) is 19.7 Å². The second kappa shape index (κ2) is 6.61. The first kappa shape index (κ1) is 14.7. The van der Waals surface area contributed by atoms with Gasteiger partial charge in [-0.25, -0.2) is 4.79 Å². The van der Waals surface area contributed by atoms with Gasteiger partial charge >= 0.3 is 6.09 Å². The highest BCUT2D eigenvalue weighted by molar-refractivity contribution is 5.67. The number of nitrogens with zero attached hydrogens (tertiary/aromatic N) is 1. The van der Waals surface area contributed by atoms with Crippen molar-refractivity contribution in [3.05, 3.63) is 29.8 Å². The first-order chi connectivity index (χ1) is 9.63. The number of benzene rings is 1. The van der Waals surface area contributed by atoms with Crippen molar-refractivity contribution in [2.45, 2.75) is 25.3 Å². The maximum atomic E-state index is 11.7. The Hall–Kier alpha value is -1.75. The van der Waals surface area contributed by atoms with Crippen molar-refractivity contribution < 1.29 is 14.3 Å². The summed E-state index contributed by atoms with van der Waals surface area (Å²) in [6.07, 6.45) is 0.567. The number of methoxy groups -OCH3 is 1. The monoisotopic (exact) mass is 278 g/mol. The lowest BCUT2D eigenvalue weighted by molar-refractivity contribution is 0.106. The topological polar surface area (TPSA) is 64.8 Å². The van der Waals surface area contributed by atoms with Gasteiger partial charge in [-0.2, -0.15) is 0 Å².